The van der Waals surface area contributed by atoms with E-state index in [2.05, 4.69) is 46.0 Å². The molecule has 0 spiro atoms. The van der Waals surface area contributed by atoms with Gasteiger partial charge in [0.15, 0.2) is 8.32 Å². The van der Waals surface area contributed by atoms with Gasteiger partial charge in [0, 0.05) is 11.6 Å². The molecule has 0 radical (unpaired) electrons. The van der Waals surface area contributed by atoms with Gasteiger partial charge in [0.2, 0.25) is 0 Å². The second-order valence-corrected chi connectivity index (χ2v) is 17.2. The summed E-state index contributed by atoms with van der Waals surface area (Å²) in [4.78, 5) is 26.7. The summed E-state index contributed by atoms with van der Waals surface area (Å²) in [6, 6.07) is 17.8. The number of aldehydes is 1. The molecule has 0 unspecified atom stereocenters. The highest BCUT2D eigenvalue weighted by molar-refractivity contribution is 6.74. The molecule has 36 heavy (non-hydrogen) atoms. The van der Waals surface area contributed by atoms with Crippen molar-refractivity contribution in [1.29, 1.82) is 0 Å². The largest absolute Gasteiger partial charge is 0.444 e. The zero-order chi connectivity index (χ0) is 26.7. The van der Waals surface area contributed by atoms with Crippen LogP contribution in [-0.2, 0) is 15.6 Å². The van der Waals surface area contributed by atoms with Gasteiger partial charge in [0.25, 0.3) is 0 Å². The summed E-state index contributed by atoms with van der Waals surface area (Å²) in [5, 5.41) is 0.0368. The van der Waals surface area contributed by atoms with Crippen molar-refractivity contribution in [3.8, 4) is 0 Å². The number of carbonyl (C=O) groups is 2. The van der Waals surface area contributed by atoms with E-state index in [0.29, 0.717) is 12.0 Å². The Kier molecular flexibility index (Phi) is 8.51. The molecule has 0 bridgehead atoms. The summed E-state index contributed by atoms with van der Waals surface area (Å²) >= 11 is 0. The number of amides is 1. The van der Waals surface area contributed by atoms with Crippen molar-refractivity contribution in [2.24, 2.45) is 0 Å². The molecule has 6 heteroatoms. The van der Waals surface area contributed by atoms with Crippen molar-refractivity contribution in [2.75, 3.05) is 0 Å². The lowest BCUT2D eigenvalue weighted by Crippen LogP contribution is -2.50. The van der Waals surface area contributed by atoms with Gasteiger partial charge in [-0.3, -0.25) is 9.69 Å². The maximum Gasteiger partial charge on any atom is 0.410 e. The Morgan fingerprint density at radius 3 is 2.14 bits per heavy atom. The van der Waals surface area contributed by atoms with Crippen molar-refractivity contribution in [1.82, 2.24) is 4.90 Å². The van der Waals surface area contributed by atoms with E-state index in [1.54, 1.807) is 0 Å². The minimum atomic E-state index is -2.15. The van der Waals surface area contributed by atoms with E-state index in [1.807, 2.05) is 68.1 Å². The fourth-order valence-corrected chi connectivity index (χ4v) is 5.80. The number of hydrogen-bond acceptors (Lipinski definition) is 4. The Morgan fingerprint density at radius 1 is 1.00 bits per heavy atom. The van der Waals surface area contributed by atoms with Gasteiger partial charge in [-0.2, -0.15) is 0 Å². The number of rotatable bonds is 7. The number of carbonyl (C=O) groups excluding carboxylic acids is 2. The van der Waals surface area contributed by atoms with Gasteiger partial charge in [-0.25, -0.2) is 4.79 Å². The van der Waals surface area contributed by atoms with Gasteiger partial charge in [0.05, 0.1) is 12.1 Å². The molecule has 0 saturated carbocycles. The van der Waals surface area contributed by atoms with Crippen LogP contribution in [0.2, 0.25) is 18.1 Å². The lowest BCUT2D eigenvalue weighted by molar-refractivity contribution is -0.00239. The van der Waals surface area contributed by atoms with Crippen LogP contribution in [-0.4, -0.2) is 43.3 Å². The topological polar surface area (TPSA) is 55.8 Å². The average molecular weight is 510 g/mol. The van der Waals surface area contributed by atoms with Crippen molar-refractivity contribution in [2.45, 2.75) is 103 Å². The lowest BCUT2D eigenvalue weighted by atomic mass is 10.0. The van der Waals surface area contributed by atoms with Crippen LogP contribution in [0.4, 0.5) is 4.79 Å². The Hall–Kier alpha value is -2.44. The monoisotopic (exact) mass is 509 g/mol. The summed E-state index contributed by atoms with van der Waals surface area (Å²) in [7, 11) is -2.15. The SMILES string of the molecule is CC(C)(C)OC(=O)N1[C@H](Cc2ccc(C=O)cc2)CC[C@@H]1[C@H](O[Si](C)(C)C(C)(C)C)c1ccccc1. The maximum atomic E-state index is 13.7. The summed E-state index contributed by atoms with van der Waals surface area (Å²) in [5.41, 5.74) is 2.25. The first-order chi connectivity index (χ1) is 16.7. The Bertz CT molecular complexity index is 1020. The molecule has 0 N–H and O–H groups in total. The highest BCUT2D eigenvalue weighted by Gasteiger charge is 2.47. The molecule has 1 aliphatic rings. The van der Waals surface area contributed by atoms with Crippen LogP contribution in [0, 0.1) is 0 Å². The molecule has 1 aliphatic heterocycles. The third kappa shape index (κ3) is 6.86. The summed E-state index contributed by atoms with van der Waals surface area (Å²) in [6.45, 7) is 17.0. The molecule has 0 aliphatic carbocycles. The van der Waals surface area contributed by atoms with Gasteiger partial charge in [0.1, 0.15) is 11.9 Å². The summed E-state index contributed by atoms with van der Waals surface area (Å²) < 4.78 is 13.0. The summed E-state index contributed by atoms with van der Waals surface area (Å²) in [5.74, 6) is 0. The molecule has 3 atom stereocenters. The normalized spacial score (nSPS) is 19.7. The molecule has 2 aromatic rings. The van der Waals surface area contributed by atoms with E-state index < -0.39 is 13.9 Å². The fraction of sp³-hybridized carbons (Fsp3) is 0.533. The second kappa shape index (κ2) is 10.9. The van der Waals surface area contributed by atoms with Crippen LogP contribution >= 0.6 is 0 Å². The van der Waals surface area contributed by atoms with Crippen LogP contribution in [0.1, 0.15) is 82.0 Å². The first kappa shape index (κ1) is 28.1. The van der Waals surface area contributed by atoms with Gasteiger partial charge >= 0.3 is 6.09 Å². The van der Waals surface area contributed by atoms with Crippen molar-refractivity contribution >= 4 is 20.7 Å². The van der Waals surface area contributed by atoms with Gasteiger partial charge in [-0.05, 0) is 69.3 Å². The number of nitrogens with zero attached hydrogens (tertiary/aromatic N) is 1. The minimum Gasteiger partial charge on any atom is -0.444 e. The fourth-order valence-electron chi connectivity index (χ4n) is 4.52. The molecule has 2 aromatic carbocycles. The molecule has 1 saturated heterocycles. The van der Waals surface area contributed by atoms with E-state index in [-0.39, 0.29) is 29.3 Å². The molecule has 0 aromatic heterocycles. The lowest BCUT2D eigenvalue weighted by Gasteiger charge is -2.43. The predicted octanol–water partition coefficient (Wildman–Crippen LogP) is 7.57. The second-order valence-electron chi connectivity index (χ2n) is 12.5. The van der Waals surface area contributed by atoms with Crippen LogP contribution in [0.5, 0.6) is 0 Å². The Balaban J connectivity index is 2.00. The number of likely N-dealkylation sites (tertiary alicyclic amines) is 1. The number of ether oxygens (including phenoxy) is 1. The molecule has 1 heterocycles. The van der Waals surface area contributed by atoms with Crippen LogP contribution < -0.4 is 0 Å². The zero-order valence-electron chi connectivity index (χ0n) is 23.2. The van der Waals surface area contributed by atoms with Crippen LogP contribution in [0.3, 0.4) is 0 Å². The van der Waals surface area contributed by atoms with E-state index in [1.165, 1.54) is 0 Å². The van der Waals surface area contributed by atoms with Crippen molar-refractivity contribution in [3.05, 3.63) is 71.3 Å². The van der Waals surface area contributed by atoms with Gasteiger partial charge in [-0.15, -0.1) is 0 Å². The smallest absolute Gasteiger partial charge is 0.410 e. The quantitative estimate of drug-likeness (QED) is 0.285. The first-order valence-corrected chi connectivity index (χ1v) is 15.9. The zero-order valence-corrected chi connectivity index (χ0v) is 24.2. The van der Waals surface area contributed by atoms with Gasteiger partial charge in [-0.1, -0.05) is 75.4 Å². The molecule has 196 valence electrons. The average Bonchev–Trinajstić information content (AvgIpc) is 3.20. The van der Waals surface area contributed by atoms with E-state index in [0.717, 1.165) is 30.3 Å². The van der Waals surface area contributed by atoms with Gasteiger partial charge < -0.3 is 9.16 Å². The molecule has 5 nitrogen and oxygen atoms in total. The molecular weight excluding hydrogens is 466 g/mol. The third-order valence-electron chi connectivity index (χ3n) is 7.44. The third-order valence-corrected chi connectivity index (χ3v) is 11.9. The van der Waals surface area contributed by atoms with E-state index >= 15 is 0 Å². The highest BCUT2D eigenvalue weighted by Crippen LogP contribution is 2.44. The van der Waals surface area contributed by atoms with Crippen molar-refractivity contribution in [3.63, 3.8) is 0 Å². The van der Waals surface area contributed by atoms with E-state index in [4.69, 9.17) is 9.16 Å². The number of benzene rings is 2. The van der Waals surface area contributed by atoms with Crippen LogP contribution in [0.25, 0.3) is 0 Å². The molecule has 1 fully saturated rings. The minimum absolute atomic E-state index is 0.0128. The highest BCUT2D eigenvalue weighted by atomic mass is 28.4. The molecule has 1 amide bonds. The number of hydrogen-bond donors (Lipinski definition) is 0. The first-order valence-electron chi connectivity index (χ1n) is 13.0. The van der Waals surface area contributed by atoms with E-state index in [9.17, 15) is 9.59 Å². The molecule has 3 rings (SSSR count). The maximum absolute atomic E-state index is 13.7. The standard InChI is InChI=1S/C30H43NO4Si/c1-29(2,3)34-28(33)31-25(20-22-14-16-23(21-32)17-15-22)18-19-26(31)27(24-12-10-9-11-13-24)35-36(7,8)30(4,5)6/h9-17,21,25-27H,18-20H2,1-8H3/t25-,26+,27+/m0/s1. The Labute approximate surface area is 218 Å². The predicted molar refractivity (Wildman–Crippen MR) is 148 cm³/mol. The molecular formula is C30H43NO4Si. The van der Waals surface area contributed by atoms with Crippen molar-refractivity contribution < 1.29 is 18.8 Å². The Morgan fingerprint density at radius 2 is 1.61 bits per heavy atom. The summed E-state index contributed by atoms with van der Waals surface area (Å²) in [6.07, 6.45) is 2.73. The van der Waals surface area contributed by atoms with Crippen LogP contribution in [0.15, 0.2) is 54.6 Å².